The average molecular weight is 396 g/mol. The van der Waals surface area contributed by atoms with E-state index >= 15 is 0 Å². The van der Waals surface area contributed by atoms with Gasteiger partial charge in [0.25, 0.3) is 0 Å². The number of benzene rings is 1. The molecule has 1 aromatic heterocycles. The zero-order chi connectivity index (χ0) is 14.5. The Bertz CT molecular complexity index is 592. The van der Waals surface area contributed by atoms with Gasteiger partial charge in [0.05, 0.1) is 15.7 Å². The Labute approximate surface area is 140 Å². The van der Waals surface area contributed by atoms with E-state index in [0.717, 1.165) is 28.3 Å². The van der Waals surface area contributed by atoms with Gasteiger partial charge in [0.1, 0.15) is 17.4 Å². The van der Waals surface area contributed by atoms with E-state index < -0.39 is 0 Å². The van der Waals surface area contributed by atoms with Crippen LogP contribution in [-0.4, -0.2) is 11.5 Å². The first-order valence-electron chi connectivity index (χ1n) is 6.01. The van der Waals surface area contributed by atoms with Crippen molar-refractivity contribution in [3.63, 3.8) is 0 Å². The van der Waals surface area contributed by atoms with Crippen molar-refractivity contribution in [2.75, 3.05) is 6.54 Å². The second-order valence-electron chi connectivity index (χ2n) is 4.00. The van der Waals surface area contributed by atoms with Crippen molar-refractivity contribution < 1.29 is 4.74 Å². The summed E-state index contributed by atoms with van der Waals surface area (Å²) in [7, 11) is 0. The highest BCUT2D eigenvalue weighted by Crippen LogP contribution is 2.34. The third-order valence-electron chi connectivity index (χ3n) is 2.48. The largest absolute Gasteiger partial charge is 0.486 e. The first kappa shape index (κ1) is 16.0. The predicted molar refractivity (Wildman–Crippen MR) is 88.0 cm³/mol. The molecule has 0 aliphatic carbocycles. The molecule has 0 fully saturated rings. The van der Waals surface area contributed by atoms with Crippen molar-refractivity contribution in [1.29, 1.82) is 0 Å². The first-order chi connectivity index (χ1) is 9.60. The lowest BCUT2D eigenvalue weighted by molar-refractivity contribution is 0.302. The molecule has 0 saturated heterocycles. The monoisotopic (exact) mass is 394 g/mol. The minimum absolute atomic E-state index is 0.375. The summed E-state index contributed by atoms with van der Waals surface area (Å²) in [4.78, 5) is 4.48. The highest BCUT2D eigenvalue weighted by Gasteiger charge is 2.08. The topological polar surface area (TPSA) is 34.2 Å². The third kappa shape index (κ3) is 4.33. The summed E-state index contributed by atoms with van der Waals surface area (Å²) in [6, 6.07) is 3.41. The molecule has 2 aromatic rings. The van der Waals surface area contributed by atoms with Gasteiger partial charge >= 0.3 is 0 Å². The molecule has 0 saturated carbocycles. The second-order valence-corrected chi connectivity index (χ2v) is 6.61. The number of aromatic nitrogens is 1. The van der Waals surface area contributed by atoms with Crippen molar-refractivity contribution in [2.45, 2.75) is 20.1 Å². The predicted octanol–water partition coefficient (Wildman–Crippen LogP) is 4.90. The van der Waals surface area contributed by atoms with Crippen LogP contribution in [0.3, 0.4) is 0 Å². The van der Waals surface area contributed by atoms with Gasteiger partial charge in [0, 0.05) is 22.5 Å². The molecule has 1 aromatic carbocycles. The Morgan fingerprint density at radius 1 is 1.35 bits per heavy atom. The number of hydrogen-bond acceptors (Lipinski definition) is 4. The van der Waals surface area contributed by atoms with Gasteiger partial charge < -0.3 is 10.1 Å². The number of halogens is 3. The fourth-order valence-electron chi connectivity index (χ4n) is 1.49. The van der Waals surface area contributed by atoms with E-state index in [1.165, 1.54) is 0 Å². The van der Waals surface area contributed by atoms with Gasteiger partial charge in [-0.3, -0.25) is 0 Å². The molecule has 0 atom stereocenters. The number of thiazole rings is 1. The highest BCUT2D eigenvalue weighted by molar-refractivity contribution is 9.10. The maximum atomic E-state index is 6.10. The molecule has 0 aliphatic rings. The van der Waals surface area contributed by atoms with Crippen LogP contribution in [-0.2, 0) is 13.2 Å². The van der Waals surface area contributed by atoms with Gasteiger partial charge in [-0.1, -0.05) is 30.1 Å². The molecule has 0 bridgehead atoms. The van der Waals surface area contributed by atoms with Crippen molar-refractivity contribution in [3.05, 3.63) is 42.7 Å². The SMILES string of the molecule is CCNCc1nc(COc2cc(Cl)c(Br)cc2Cl)cs1. The summed E-state index contributed by atoms with van der Waals surface area (Å²) >= 11 is 17.0. The van der Waals surface area contributed by atoms with Gasteiger partial charge in [0.15, 0.2) is 0 Å². The van der Waals surface area contributed by atoms with E-state index in [2.05, 4.69) is 33.2 Å². The van der Waals surface area contributed by atoms with Gasteiger partial charge in [0.2, 0.25) is 0 Å². The summed E-state index contributed by atoms with van der Waals surface area (Å²) in [5.74, 6) is 0.557. The van der Waals surface area contributed by atoms with E-state index in [9.17, 15) is 0 Å². The molecule has 0 radical (unpaired) electrons. The lowest BCUT2D eigenvalue weighted by Crippen LogP contribution is -2.11. The van der Waals surface area contributed by atoms with Gasteiger partial charge in [-0.2, -0.15) is 0 Å². The molecular weight excluding hydrogens is 383 g/mol. The molecule has 2 rings (SSSR count). The van der Waals surface area contributed by atoms with E-state index in [1.807, 2.05) is 5.38 Å². The second kappa shape index (κ2) is 7.61. The standard InChI is InChI=1S/C13H13BrCl2N2OS/c1-2-17-5-13-18-8(7-20-13)6-19-12-4-10(15)9(14)3-11(12)16/h3-4,7,17H,2,5-6H2,1H3. The smallest absolute Gasteiger partial charge is 0.140 e. The molecule has 3 nitrogen and oxygen atoms in total. The van der Waals surface area contributed by atoms with Crippen LogP contribution in [0.1, 0.15) is 17.6 Å². The molecule has 1 N–H and O–H groups in total. The fraction of sp³-hybridized carbons (Fsp3) is 0.308. The van der Waals surface area contributed by atoms with Gasteiger partial charge in [-0.15, -0.1) is 11.3 Å². The van der Waals surface area contributed by atoms with Crippen molar-refractivity contribution in [1.82, 2.24) is 10.3 Å². The van der Waals surface area contributed by atoms with Crippen LogP contribution in [0.2, 0.25) is 10.0 Å². The Balaban J connectivity index is 1.98. The molecule has 108 valence electrons. The van der Waals surface area contributed by atoms with Crippen LogP contribution in [0.15, 0.2) is 22.0 Å². The number of ether oxygens (including phenoxy) is 1. The van der Waals surface area contributed by atoms with Crippen molar-refractivity contribution in [3.8, 4) is 5.75 Å². The summed E-state index contributed by atoms with van der Waals surface area (Å²) < 4.78 is 6.41. The third-order valence-corrected chi connectivity index (χ3v) is 4.87. The number of nitrogens with zero attached hydrogens (tertiary/aromatic N) is 1. The van der Waals surface area contributed by atoms with Crippen LogP contribution >= 0.6 is 50.5 Å². The molecule has 20 heavy (non-hydrogen) atoms. The number of hydrogen-bond donors (Lipinski definition) is 1. The Hall–Kier alpha value is -0.330. The summed E-state index contributed by atoms with van der Waals surface area (Å²) in [6.45, 7) is 4.15. The molecule has 0 unspecified atom stereocenters. The minimum atomic E-state index is 0.375. The average Bonchev–Trinajstić information content (AvgIpc) is 2.87. The van der Waals surface area contributed by atoms with Crippen LogP contribution in [0, 0.1) is 0 Å². The van der Waals surface area contributed by atoms with Gasteiger partial charge in [-0.25, -0.2) is 4.98 Å². The van der Waals surface area contributed by atoms with Crippen LogP contribution in [0.25, 0.3) is 0 Å². The van der Waals surface area contributed by atoms with Crippen LogP contribution < -0.4 is 10.1 Å². The van der Waals surface area contributed by atoms with Crippen molar-refractivity contribution >= 4 is 50.5 Å². The van der Waals surface area contributed by atoms with Gasteiger partial charge in [-0.05, 0) is 28.5 Å². The quantitative estimate of drug-likeness (QED) is 0.706. The number of rotatable bonds is 6. The van der Waals surface area contributed by atoms with E-state index in [4.69, 9.17) is 27.9 Å². The Morgan fingerprint density at radius 3 is 2.90 bits per heavy atom. The summed E-state index contributed by atoms with van der Waals surface area (Å²) in [6.07, 6.45) is 0. The van der Waals surface area contributed by atoms with E-state index in [-0.39, 0.29) is 0 Å². The number of nitrogens with one attached hydrogen (secondary N) is 1. The molecule has 0 aliphatic heterocycles. The lowest BCUT2D eigenvalue weighted by Gasteiger charge is -2.08. The normalized spacial score (nSPS) is 10.8. The molecule has 0 amide bonds. The van der Waals surface area contributed by atoms with Crippen LogP contribution in [0.5, 0.6) is 5.75 Å². The van der Waals surface area contributed by atoms with Crippen LogP contribution in [0.4, 0.5) is 0 Å². The first-order valence-corrected chi connectivity index (χ1v) is 8.44. The zero-order valence-corrected chi connectivity index (χ0v) is 14.7. The summed E-state index contributed by atoms with van der Waals surface area (Å²) in [5.41, 5.74) is 0.887. The maximum Gasteiger partial charge on any atom is 0.140 e. The van der Waals surface area contributed by atoms with E-state index in [0.29, 0.717) is 22.4 Å². The highest BCUT2D eigenvalue weighted by atomic mass is 79.9. The molecule has 7 heteroatoms. The maximum absolute atomic E-state index is 6.10. The molecule has 0 spiro atoms. The minimum Gasteiger partial charge on any atom is -0.486 e. The lowest BCUT2D eigenvalue weighted by atomic mass is 10.3. The van der Waals surface area contributed by atoms with E-state index in [1.54, 1.807) is 23.5 Å². The zero-order valence-electron chi connectivity index (χ0n) is 10.8. The van der Waals surface area contributed by atoms with Crippen molar-refractivity contribution in [2.24, 2.45) is 0 Å². The molecular formula is C13H13BrCl2N2OS. The summed E-state index contributed by atoms with van der Waals surface area (Å²) in [5, 5.41) is 7.35. The fourth-order valence-corrected chi connectivity index (χ4v) is 3.09. The Kier molecular flexibility index (Phi) is 6.11. The Morgan fingerprint density at radius 2 is 2.15 bits per heavy atom. The molecule has 1 heterocycles.